The molecule has 0 radical (unpaired) electrons. The van der Waals surface area contributed by atoms with Crippen molar-refractivity contribution in [1.82, 2.24) is 0 Å². The Kier molecular flexibility index (Phi) is 3.50. The second-order valence-electron chi connectivity index (χ2n) is 3.81. The van der Waals surface area contributed by atoms with Crippen LogP contribution in [-0.2, 0) is 6.42 Å². The zero-order chi connectivity index (χ0) is 12.1. The Morgan fingerprint density at radius 2 is 1.47 bits per heavy atom. The van der Waals surface area contributed by atoms with E-state index in [-0.39, 0.29) is 0 Å². The third-order valence-electron chi connectivity index (χ3n) is 2.62. The number of hydrogen-bond acceptors (Lipinski definition) is 3. The Morgan fingerprint density at radius 3 is 1.94 bits per heavy atom. The summed E-state index contributed by atoms with van der Waals surface area (Å²) in [7, 11) is 0. The molecule has 3 heteroatoms. The molecular formula is C14H14N2O. The van der Waals surface area contributed by atoms with Gasteiger partial charge >= 0.3 is 0 Å². The molecule has 0 amide bonds. The molecule has 3 nitrogen and oxygen atoms in total. The first-order valence-corrected chi connectivity index (χ1v) is 5.61. The summed E-state index contributed by atoms with van der Waals surface area (Å²) in [4.78, 5) is 10.3. The Morgan fingerprint density at radius 1 is 0.941 bits per heavy atom. The van der Waals surface area contributed by atoms with E-state index in [1.807, 2.05) is 24.3 Å². The lowest BCUT2D eigenvalue weighted by molar-refractivity contribution is 1.14. The van der Waals surface area contributed by atoms with E-state index in [9.17, 15) is 4.91 Å². The van der Waals surface area contributed by atoms with Crippen LogP contribution in [-0.4, -0.2) is 0 Å². The SMILES string of the molecule is CCc1ccc(Nc2ccc(N=O)cc2)cc1. The molecule has 0 unspecified atom stereocenters. The zero-order valence-corrected chi connectivity index (χ0v) is 9.68. The van der Waals surface area contributed by atoms with Gasteiger partial charge in [-0.3, -0.25) is 0 Å². The van der Waals surface area contributed by atoms with Crippen LogP contribution < -0.4 is 5.32 Å². The fourth-order valence-electron chi connectivity index (χ4n) is 1.60. The topological polar surface area (TPSA) is 41.5 Å². The minimum absolute atomic E-state index is 0.442. The van der Waals surface area contributed by atoms with Crippen molar-refractivity contribution < 1.29 is 0 Å². The smallest absolute Gasteiger partial charge is 0.108 e. The first-order valence-electron chi connectivity index (χ1n) is 5.61. The van der Waals surface area contributed by atoms with Gasteiger partial charge in [0.25, 0.3) is 0 Å². The standard InChI is InChI=1S/C14H14N2O/c1-2-11-3-5-12(6-4-11)15-13-7-9-14(16-17)10-8-13/h3-10,15H,2H2,1H3. The van der Waals surface area contributed by atoms with Gasteiger partial charge in [-0.25, -0.2) is 0 Å². The summed E-state index contributed by atoms with van der Waals surface area (Å²) in [5, 5.41) is 6.13. The predicted octanol–water partition coefficient (Wildman–Crippen LogP) is 4.39. The quantitative estimate of drug-likeness (QED) is 0.785. The molecule has 17 heavy (non-hydrogen) atoms. The summed E-state index contributed by atoms with van der Waals surface area (Å²) in [6.07, 6.45) is 1.04. The van der Waals surface area contributed by atoms with Crippen LogP contribution in [0.5, 0.6) is 0 Å². The van der Waals surface area contributed by atoms with Crippen LogP contribution in [0.15, 0.2) is 53.7 Å². The van der Waals surface area contributed by atoms with Crippen LogP contribution in [0.4, 0.5) is 17.1 Å². The molecular weight excluding hydrogens is 212 g/mol. The van der Waals surface area contributed by atoms with Gasteiger partial charge in [0.1, 0.15) is 5.69 Å². The van der Waals surface area contributed by atoms with Crippen LogP contribution in [0.3, 0.4) is 0 Å². The summed E-state index contributed by atoms with van der Waals surface area (Å²) in [5.74, 6) is 0. The van der Waals surface area contributed by atoms with Gasteiger partial charge in [0, 0.05) is 11.4 Å². The van der Waals surface area contributed by atoms with Gasteiger partial charge in [-0.2, -0.15) is 0 Å². The second kappa shape index (κ2) is 5.25. The van der Waals surface area contributed by atoms with Crippen molar-refractivity contribution in [3.63, 3.8) is 0 Å². The van der Waals surface area contributed by atoms with Crippen molar-refractivity contribution in [3.05, 3.63) is 59.0 Å². The minimum Gasteiger partial charge on any atom is -0.356 e. The van der Waals surface area contributed by atoms with Crippen LogP contribution in [0.2, 0.25) is 0 Å². The van der Waals surface area contributed by atoms with Gasteiger partial charge in [0.15, 0.2) is 0 Å². The van der Waals surface area contributed by atoms with Gasteiger partial charge < -0.3 is 5.32 Å². The molecule has 0 aliphatic rings. The lowest BCUT2D eigenvalue weighted by Gasteiger charge is -2.06. The highest BCUT2D eigenvalue weighted by atomic mass is 16.3. The monoisotopic (exact) mass is 226 g/mol. The maximum Gasteiger partial charge on any atom is 0.108 e. The van der Waals surface area contributed by atoms with E-state index in [1.54, 1.807) is 12.1 Å². The third-order valence-corrected chi connectivity index (χ3v) is 2.62. The number of benzene rings is 2. The van der Waals surface area contributed by atoms with Crippen molar-refractivity contribution in [2.45, 2.75) is 13.3 Å². The van der Waals surface area contributed by atoms with E-state index in [0.717, 1.165) is 17.8 Å². The normalized spacial score (nSPS) is 9.94. The minimum atomic E-state index is 0.442. The van der Waals surface area contributed by atoms with Crippen molar-refractivity contribution in [1.29, 1.82) is 0 Å². The van der Waals surface area contributed by atoms with E-state index in [0.29, 0.717) is 5.69 Å². The molecule has 0 bridgehead atoms. The molecule has 0 fully saturated rings. The van der Waals surface area contributed by atoms with Crippen molar-refractivity contribution in [2.75, 3.05) is 5.32 Å². The maximum atomic E-state index is 10.3. The maximum absolute atomic E-state index is 10.3. The van der Waals surface area contributed by atoms with Gasteiger partial charge in [-0.1, -0.05) is 19.1 Å². The third kappa shape index (κ3) is 2.91. The number of nitrogens with one attached hydrogen (secondary N) is 1. The lowest BCUT2D eigenvalue weighted by atomic mass is 10.1. The highest BCUT2D eigenvalue weighted by molar-refractivity contribution is 5.61. The van der Waals surface area contributed by atoms with E-state index in [1.165, 1.54) is 5.56 Å². The summed E-state index contributed by atoms with van der Waals surface area (Å²) in [6.45, 7) is 2.13. The summed E-state index contributed by atoms with van der Waals surface area (Å²) >= 11 is 0. The molecule has 0 saturated carbocycles. The molecule has 0 atom stereocenters. The number of nitroso groups, excluding NO2 is 1. The Labute approximate surface area is 100 Å². The zero-order valence-electron chi connectivity index (χ0n) is 9.68. The van der Waals surface area contributed by atoms with Crippen molar-refractivity contribution in [2.24, 2.45) is 5.18 Å². The molecule has 0 saturated heterocycles. The van der Waals surface area contributed by atoms with Crippen LogP contribution in [0.25, 0.3) is 0 Å². The van der Waals surface area contributed by atoms with Gasteiger partial charge in [0.2, 0.25) is 0 Å². The summed E-state index contributed by atoms with van der Waals surface area (Å²) in [6, 6.07) is 15.4. The average Bonchev–Trinajstić information content (AvgIpc) is 2.40. The number of aryl methyl sites for hydroxylation is 1. The number of nitrogens with zero attached hydrogens (tertiary/aromatic N) is 1. The summed E-state index contributed by atoms with van der Waals surface area (Å²) in [5.41, 5.74) is 3.74. The van der Waals surface area contributed by atoms with Crippen LogP contribution >= 0.6 is 0 Å². The second-order valence-corrected chi connectivity index (χ2v) is 3.81. The fourth-order valence-corrected chi connectivity index (χ4v) is 1.60. The molecule has 0 aliphatic carbocycles. The Balaban J connectivity index is 2.10. The molecule has 2 rings (SSSR count). The van der Waals surface area contributed by atoms with E-state index >= 15 is 0 Å². The van der Waals surface area contributed by atoms with E-state index in [4.69, 9.17) is 0 Å². The first kappa shape index (κ1) is 11.3. The molecule has 86 valence electrons. The first-order chi connectivity index (χ1) is 8.31. The van der Waals surface area contributed by atoms with Crippen molar-refractivity contribution in [3.8, 4) is 0 Å². The number of hydrogen-bond donors (Lipinski definition) is 1. The number of anilines is 2. The van der Waals surface area contributed by atoms with E-state index in [2.05, 4.69) is 29.6 Å². The Bertz CT molecular complexity index is 489. The van der Waals surface area contributed by atoms with Gasteiger partial charge in [-0.15, -0.1) is 4.91 Å². The molecule has 0 spiro atoms. The van der Waals surface area contributed by atoms with Crippen molar-refractivity contribution >= 4 is 17.1 Å². The van der Waals surface area contributed by atoms with Gasteiger partial charge in [0.05, 0.1) is 0 Å². The van der Waals surface area contributed by atoms with Crippen LogP contribution in [0.1, 0.15) is 12.5 Å². The molecule has 2 aromatic rings. The molecule has 0 heterocycles. The fraction of sp³-hybridized carbons (Fsp3) is 0.143. The lowest BCUT2D eigenvalue weighted by Crippen LogP contribution is -1.90. The molecule has 1 N–H and O–H groups in total. The highest BCUT2D eigenvalue weighted by Crippen LogP contribution is 2.20. The predicted molar refractivity (Wildman–Crippen MR) is 71.0 cm³/mol. The summed E-state index contributed by atoms with van der Waals surface area (Å²) < 4.78 is 0. The Hall–Kier alpha value is -2.16. The molecule has 2 aromatic carbocycles. The highest BCUT2D eigenvalue weighted by Gasteiger charge is 1.96. The largest absolute Gasteiger partial charge is 0.356 e. The van der Waals surface area contributed by atoms with E-state index < -0.39 is 0 Å². The molecule has 0 aromatic heterocycles. The van der Waals surface area contributed by atoms with Crippen LogP contribution in [0, 0.1) is 4.91 Å². The van der Waals surface area contributed by atoms with Gasteiger partial charge in [-0.05, 0) is 53.6 Å². The molecule has 0 aliphatic heterocycles. The average molecular weight is 226 g/mol. The number of rotatable bonds is 4.